The molecule has 2 saturated heterocycles. The topological polar surface area (TPSA) is 61.7 Å². The van der Waals surface area contributed by atoms with Crippen LogP contribution in [0.3, 0.4) is 0 Å². The highest BCUT2D eigenvalue weighted by atomic mass is 16.2. The molecule has 1 atom stereocenters. The quantitative estimate of drug-likeness (QED) is 0.746. The van der Waals surface area contributed by atoms with Crippen molar-refractivity contribution in [3.8, 4) is 0 Å². The van der Waals surface area contributed by atoms with Crippen LogP contribution in [0.2, 0.25) is 0 Å². The molecule has 1 aromatic heterocycles. The second-order valence-electron chi connectivity index (χ2n) is 8.30. The third-order valence-corrected chi connectivity index (χ3v) is 6.35. The van der Waals surface area contributed by atoms with E-state index in [0.717, 1.165) is 70.6 Å². The molecule has 2 aliphatic rings. The maximum atomic E-state index is 12.7. The number of piperidine rings is 1. The average Bonchev–Trinajstić information content (AvgIpc) is 3.17. The molecule has 0 bridgehead atoms. The second-order valence-corrected chi connectivity index (χ2v) is 8.30. The van der Waals surface area contributed by atoms with Gasteiger partial charge in [-0.15, -0.1) is 0 Å². The second kappa shape index (κ2) is 9.54. The van der Waals surface area contributed by atoms with Crippen LogP contribution in [0.15, 0.2) is 12.4 Å². The molecule has 1 aromatic rings. The van der Waals surface area contributed by atoms with Crippen LogP contribution in [0.4, 0.5) is 0 Å². The largest absolute Gasteiger partial charge is 0.341 e. The minimum absolute atomic E-state index is 0.145. The van der Waals surface area contributed by atoms with Gasteiger partial charge in [-0.1, -0.05) is 6.92 Å². The van der Waals surface area contributed by atoms with Crippen LogP contribution >= 0.6 is 0 Å². The summed E-state index contributed by atoms with van der Waals surface area (Å²) in [6.07, 6.45) is 7.29. The number of likely N-dealkylation sites (N-methyl/N-ethyl adjacent to an activating group) is 1. The van der Waals surface area contributed by atoms with Crippen molar-refractivity contribution in [3.63, 3.8) is 0 Å². The number of piperazine rings is 1. The molecule has 0 N–H and O–H groups in total. The van der Waals surface area contributed by atoms with Crippen LogP contribution < -0.4 is 0 Å². The van der Waals surface area contributed by atoms with Gasteiger partial charge < -0.3 is 14.7 Å². The fourth-order valence-electron chi connectivity index (χ4n) is 4.26. The lowest BCUT2D eigenvalue weighted by atomic mass is 9.91. The lowest BCUT2D eigenvalue weighted by Gasteiger charge is -2.35. The highest BCUT2D eigenvalue weighted by Crippen LogP contribution is 2.24. The molecule has 0 radical (unpaired) electrons. The Hall–Kier alpha value is -1.89. The summed E-state index contributed by atoms with van der Waals surface area (Å²) in [5.74, 6) is 0.996. The third-order valence-electron chi connectivity index (χ3n) is 6.35. The Morgan fingerprint density at radius 2 is 1.79 bits per heavy atom. The van der Waals surface area contributed by atoms with Gasteiger partial charge in [0.1, 0.15) is 6.04 Å². The fourth-order valence-corrected chi connectivity index (χ4v) is 4.26. The smallest absolute Gasteiger partial charge is 0.247 e. The first-order chi connectivity index (χ1) is 13.5. The lowest BCUT2D eigenvalue weighted by Crippen LogP contribution is -2.48. The lowest BCUT2D eigenvalue weighted by molar-refractivity contribution is -0.137. The molecule has 0 spiro atoms. The molecule has 2 aliphatic heterocycles. The van der Waals surface area contributed by atoms with E-state index in [0.29, 0.717) is 18.2 Å². The summed E-state index contributed by atoms with van der Waals surface area (Å²) in [7, 11) is 0. The molecule has 2 fully saturated rings. The van der Waals surface area contributed by atoms with Crippen molar-refractivity contribution in [2.75, 3.05) is 45.8 Å². The first-order valence-electron chi connectivity index (χ1n) is 10.8. The highest BCUT2D eigenvalue weighted by Gasteiger charge is 2.28. The van der Waals surface area contributed by atoms with Gasteiger partial charge in [-0.2, -0.15) is 5.10 Å². The first kappa shape index (κ1) is 20.8. The zero-order valence-corrected chi connectivity index (χ0v) is 17.6. The number of carbonyl (C=O) groups excluding carboxylic acids is 2. The van der Waals surface area contributed by atoms with Gasteiger partial charge >= 0.3 is 0 Å². The summed E-state index contributed by atoms with van der Waals surface area (Å²) in [6.45, 7) is 12.4. The number of amides is 2. The SMILES string of the molecule is CCN1CCN(C(=O)CCC2CCN(C(=O)C(C)n3cc(C)cn3)CC2)CC1. The number of carbonyl (C=O) groups is 2. The molecule has 7 heteroatoms. The van der Waals surface area contributed by atoms with Crippen molar-refractivity contribution in [1.29, 1.82) is 0 Å². The van der Waals surface area contributed by atoms with E-state index in [-0.39, 0.29) is 11.9 Å². The average molecular weight is 390 g/mol. The standard InChI is InChI=1S/C21H35N5O2/c1-4-23-11-13-24(14-12-23)20(27)6-5-19-7-9-25(10-8-19)21(28)18(3)26-16-17(2)15-22-26/h15-16,18-19H,4-14H2,1-3H3. The van der Waals surface area contributed by atoms with Crippen LogP contribution in [-0.2, 0) is 9.59 Å². The van der Waals surface area contributed by atoms with E-state index in [4.69, 9.17) is 0 Å². The van der Waals surface area contributed by atoms with Crippen LogP contribution in [0.5, 0.6) is 0 Å². The number of nitrogens with zero attached hydrogens (tertiary/aromatic N) is 5. The predicted molar refractivity (Wildman–Crippen MR) is 109 cm³/mol. The molecule has 1 unspecified atom stereocenters. The van der Waals surface area contributed by atoms with Gasteiger partial charge in [-0.05, 0) is 51.1 Å². The summed E-state index contributed by atoms with van der Waals surface area (Å²) >= 11 is 0. The maximum Gasteiger partial charge on any atom is 0.247 e. The molecule has 28 heavy (non-hydrogen) atoms. The molecule has 0 saturated carbocycles. The Morgan fingerprint density at radius 1 is 1.11 bits per heavy atom. The zero-order valence-electron chi connectivity index (χ0n) is 17.6. The number of hydrogen-bond donors (Lipinski definition) is 0. The molecular formula is C21H35N5O2. The summed E-state index contributed by atoms with van der Waals surface area (Å²) in [5.41, 5.74) is 1.07. The molecule has 3 heterocycles. The van der Waals surface area contributed by atoms with Crippen LogP contribution in [-0.4, -0.2) is 82.1 Å². The van der Waals surface area contributed by atoms with Gasteiger partial charge in [-0.3, -0.25) is 14.3 Å². The normalized spacial score (nSPS) is 20.4. The Kier molecular flexibility index (Phi) is 7.10. The Bertz CT molecular complexity index is 658. The summed E-state index contributed by atoms with van der Waals surface area (Å²) in [4.78, 5) is 31.6. The Balaban J connectivity index is 1.38. The van der Waals surface area contributed by atoms with Crippen molar-refractivity contribution in [2.45, 2.75) is 52.5 Å². The summed E-state index contributed by atoms with van der Waals surface area (Å²) in [6, 6.07) is -0.256. The third kappa shape index (κ3) is 5.13. The summed E-state index contributed by atoms with van der Waals surface area (Å²) in [5, 5.41) is 4.27. The van der Waals surface area contributed by atoms with Gasteiger partial charge in [0.15, 0.2) is 0 Å². The van der Waals surface area contributed by atoms with Crippen molar-refractivity contribution in [2.24, 2.45) is 5.92 Å². The van der Waals surface area contributed by atoms with Gasteiger partial charge in [0, 0.05) is 51.9 Å². The number of likely N-dealkylation sites (tertiary alicyclic amines) is 1. The van der Waals surface area contributed by atoms with Gasteiger partial charge in [-0.25, -0.2) is 0 Å². The minimum atomic E-state index is -0.256. The molecule has 2 amide bonds. The van der Waals surface area contributed by atoms with Crippen molar-refractivity contribution in [3.05, 3.63) is 18.0 Å². The molecular weight excluding hydrogens is 354 g/mol. The van der Waals surface area contributed by atoms with Crippen LogP contribution in [0.1, 0.15) is 51.1 Å². The van der Waals surface area contributed by atoms with E-state index < -0.39 is 0 Å². The first-order valence-corrected chi connectivity index (χ1v) is 10.8. The van der Waals surface area contributed by atoms with E-state index in [1.165, 1.54) is 0 Å². The predicted octanol–water partition coefficient (Wildman–Crippen LogP) is 1.94. The van der Waals surface area contributed by atoms with Crippen LogP contribution in [0.25, 0.3) is 0 Å². The van der Waals surface area contributed by atoms with Gasteiger partial charge in [0.25, 0.3) is 0 Å². The number of aromatic nitrogens is 2. The molecule has 0 aliphatic carbocycles. The Morgan fingerprint density at radius 3 is 2.36 bits per heavy atom. The number of aryl methyl sites for hydroxylation is 1. The molecule has 7 nitrogen and oxygen atoms in total. The van der Waals surface area contributed by atoms with E-state index >= 15 is 0 Å². The van der Waals surface area contributed by atoms with E-state index in [9.17, 15) is 9.59 Å². The van der Waals surface area contributed by atoms with Gasteiger partial charge in [0.2, 0.25) is 11.8 Å². The van der Waals surface area contributed by atoms with E-state index in [1.54, 1.807) is 10.9 Å². The monoisotopic (exact) mass is 389 g/mol. The highest BCUT2D eigenvalue weighted by molar-refractivity contribution is 5.80. The fraction of sp³-hybridized carbons (Fsp3) is 0.762. The van der Waals surface area contributed by atoms with Crippen LogP contribution in [0, 0.1) is 12.8 Å². The van der Waals surface area contributed by atoms with E-state index in [2.05, 4.69) is 16.9 Å². The van der Waals surface area contributed by atoms with Crippen molar-refractivity contribution in [1.82, 2.24) is 24.5 Å². The number of hydrogen-bond acceptors (Lipinski definition) is 4. The molecule has 156 valence electrons. The van der Waals surface area contributed by atoms with Gasteiger partial charge in [0.05, 0.1) is 6.20 Å². The van der Waals surface area contributed by atoms with Crippen molar-refractivity contribution >= 4 is 11.8 Å². The Labute approximate surface area is 168 Å². The molecule has 0 aromatic carbocycles. The number of rotatable bonds is 6. The summed E-state index contributed by atoms with van der Waals surface area (Å²) < 4.78 is 1.75. The van der Waals surface area contributed by atoms with Crippen molar-refractivity contribution < 1.29 is 9.59 Å². The zero-order chi connectivity index (χ0) is 20.1. The molecule has 3 rings (SSSR count). The minimum Gasteiger partial charge on any atom is -0.341 e. The maximum absolute atomic E-state index is 12.7. The van der Waals surface area contributed by atoms with E-state index in [1.807, 2.05) is 29.8 Å².